The van der Waals surface area contributed by atoms with Crippen molar-refractivity contribution in [1.29, 1.82) is 0 Å². The standard InChI is InChI=1S/C8H14N2O5S/c1-14-10-7-9-4-2-5(12)8(13,3-11)15-6(4)16-7/h4-6,11-13H,2-3H2,1H3,(H,9,10)/t4-,5+,6-,8-/m1/s1. The van der Waals surface area contributed by atoms with Crippen molar-refractivity contribution in [2.24, 2.45) is 4.99 Å². The average molecular weight is 250 g/mol. The van der Waals surface area contributed by atoms with E-state index in [1.807, 2.05) is 0 Å². The summed E-state index contributed by atoms with van der Waals surface area (Å²) in [6, 6.07) is -0.246. The number of hydrogen-bond donors (Lipinski definition) is 4. The van der Waals surface area contributed by atoms with E-state index in [2.05, 4.69) is 10.5 Å². The number of amidine groups is 1. The third-order valence-corrected chi connectivity index (χ3v) is 3.60. The van der Waals surface area contributed by atoms with Crippen molar-refractivity contribution in [3.05, 3.63) is 0 Å². The summed E-state index contributed by atoms with van der Waals surface area (Å²) >= 11 is 1.25. The van der Waals surface area contributed by atoms with Crippen molar-refractivity contribution in [2.45, 2.75) is 29.8 Å². The van der Waals surface area contributed by atoms with E-state index in [4.69, 9.17) is 14.7 Å². The van der Waals surface area contributed by atoms with Gasteiger partial charge in [0.05, 0.1) is 19.8 Å². The predicted molar refractivity (Wildman–Crippen MR) is 56.5 cm³/mol. The topological polar surface area (TPSA) is 104 Å². The lowest BCUT2D eigenvalue weighted by Crippen LogP contribution is -2.56. The van der Waals surface area contributed by atoms with Crippen LogP contribution in [0.15, 0.2) is 4.99 Å². The fourth-order valence-electron chi connectivity index (χ4n) is 1.67. The lowest BCUT2D eigenvalue weighted by Gasteiger charge is -2.39. The van der Waals surface area contributed by atoms with Crippen LogP contribution in [0.3, 0.4) is 0 Å². The predicted octanol–water partition coefficient (Wildman–Crippen LogP) is -1.60. The Bertz CT molecular complexity index is 302. The van der Waals surface area contributed by atoms with E-state index in [9.17, 15) is 10.2 Å². The van der Waals surface area contributed by atoms with Crippen LogP contribution in [0, 0.1) is 0 Å². The van der Waals surface area contributed by atoms with Gasteiger partial charge in [-0.1, -0.05) is 11.8 Å². The van der Waals surface area contributed by atoms with E-state index in [1.54, 1.807) is 0 Å². The van der Waals surface area contributed by atoms with Gasteiger partial charge in [0.25, 0.3) is 0 Å². The third-order valence-electron chi connectivity index (χ3n) is 2.55. The smallest absolute Gasteiger partial charge is 0.217 e. The molecule has 0 aromatic heterocycles. The molecule has 0 spiro atoms. The Hall–Kier alpha value is -0.380. The third kappa shape index (κ3) is 2.04. The molecule has 2 aliphatic heterocycles. The number of ether oxygens (including phenoxy) is 1. The molecule has 1 fully saturated rings. The van der Waals surface area contributed by atoms with Crippen molar-refractivity contribution in [2.75, 3.05) is 13.7 Å². The number of nitrogens with one attached hydrogen (secondary N) is 1. The molecule has 8 heteroatoms. The molecular formula is C8H14N2O5S. The first-order valence-electron chi connectivity index (χ1n) is 4.81. The molecule has 2 heterocycles. The van der Waals surface area contributed by atoms with E-state index in [1.165, 1.54) is 18.9 Å². The molecule has 2 rings (SSSR count). The number of thioether (sulfide) groups is 1. The number of fused-ring (bicyclic) bond motifs is 1. The number of aliphatic hydroxyl groups excluding tert-OH is 2. The summed E-state index contributed by atoms with van der Waals surface area (Å²) in [5, 5.41) is 28.9. The largest absolute Gasteiger partial charge is 0.391 e. The van der Waals surface area contributed by atoms with E-state index in [0.717, 1.165) is 0 Å². The number of aliphatic imine (C=N–C) groups is 1. The van der Waals surface area contributed by atoms with Crippen molar-refractivity contribution >= 4 is 16.9 Å². The Kier molecular flexibility index (Phi) is 3.38. The number of aliphatic hydroxyl groups is 3. The maximum atomic E-state index is 9.77. The van der Waals surface area contributed by atoms with Crippen molar-refractivity contribution in [3.8, 4) is 0 Å². The Morgan fingerprint density at radius 3 is 3.12 bits per heavy atom. The highest BCUT2D eigenvalue weighted by molar-refractivity contribution is 8.14. The van der Waals surface area contributed by atoms with Gasteiger partial charge in [-0.05, 0) is 0 Å². The fourth-order valence-corrected chi connectivity index (χ4v) is 2.76. The van der Waals surface area contributed by atoms with Gasteiger partial charge in [-0.3, -0.25) is 9.83 Å². The van der Waals surface area contributed by atoms with Gasteiger partial charge in [0.1, 0.15) is 11.5 Å². The van der Waals surface area contributed by atoms with Crippen LogP contribution < -0.4 is 5.48 Å². The minimum absolute atomic E-state index is 0.240. The normalized spacial score (nSPS) is 42.8. The SMILES string of the molecule is CONC1=N[C@@H]2C[C@H](O)[C@@](O)(CO)O[C@@H]2S1. The van der Waals surface area contributed by atoms with Gasteiger partial charge in [-0.2, -0.15) is 0 Å². The van der Waals surface area contributed by atoms with Crippen LogP contribution in [0.25, 0.3) is 0 Å². The molecule has 0 amide bonds. The van der Waals surface area contributed by atoms with Crippen LogP contribution in [0.4, 0.5) is 0 Å². The second-order valence-electron chi connectivity index (χ2n) is 3.67. The summed E-state index contributed by atoms with van der Waals surface area (Å²) in [6.07, 6.45) is -0.908. The summed E-state index contributed by atoms with van der Waals surface area (Å²) in [6.45, 7) is -0.648. The molecular weight excluding hydrogens is 236 g/mol. The van der Waals surface area contributed by atoms with Crippen LogP contribution >= 0.6 is 11.8 Å². The zero-order valence-electron chi connectivity index (χ0n) is 8.66. The number of hydroxylamine groups is 1. The van der Waals surface area contributed by atoms with Gasteiger partial charge in [-0.25, -0.2) is 5.48 Å². The highest BCUT2D eigenvalue weighted by Gasteiger charge is 2.49. The Balaban J connectivity index is 2.05. The number of nitrogens with zero attached hydrogens (tertiary/aromatic N) is 1. The zero-order chi connectivity index (χ0) is 11.8. The maximum Gasteiger partial charge on any atom is 0.217 e. The summed E-state index contributed by atoms with van der Waals surface area (Å²) < 4.78 is 5.24. The van der Waals surface area contributed by atoms with Gasteiger partial charge < -0.3 is 20.1 Å². The second kappa shape index (κ2) is 4.47. The lowest BCUT2D eigenvalue weighted by molar-refractivity contribution is -0.299. The maximum absolute atomic E-state index is 9.77. The molecule has 16 heavy (non-hydrogen) atoms. The molecule has 1 saturated heterocycles. The van der Waals surface area contributed by atoms with E-state index >= 15 is 0 Å². The summed E-state index contributed by atoms with van der Waals surface area (Å²) in [5.74, 6) is -1.90. The minimum Gasteiger partial charge on any atom is -0.391 e. The molecule has 4 N–H and O–H groups in total. The molecule has 0 saturated carbocycles. The fraction of sp³-hybridized carbons (Fsp3) is 0.875. The Labute approximate surface area is 96.4 Å². The van der Waals surface area contributed by atoms with Gasteiger partial charge >= 0.3 is 0 Å². The first-order chi connectivity index (χ1) is 7.59. The summed E-state index contributed by atoms with van der Waals surface area (Å²) in [7, 11) is 1.46. The molecule has 4 atom stereocenters. The first kappa shape index (κ1) is 12.1. The summed E-state index contributed by atoms with van der Waals surface area (Å²) in [5.41, 5.74) is 2.15. The molecule has 0 aromatic carbocycles. The average Bonchev–Trinajstić information content (AvgIpc) is 2.61. The molecule has 0 unspecified atom stereocenters. The highest BCUT2D eigenvalue weighted by atomic mass is 32.2. The van der Waals surface area contributed by atoms with Gasteiger partial charge in [-0.15, -0.1) is 0 Å². The monoisotopic (exact) mass is 250 g/mol. The van der Waals surface area contributed by atoms with Crippen molar-refractivity contribution in [3.63, 3.8) is 0 Å². The quantitative estimate of drug-likeness (QED) is 0.437. The van der Waals surface area contributed by atoms with Crippen LogP contribution in [0.5, 0.6) is 0 Å². The highest BCUT2D eigenvalue weighted by Crippen LogP contribution is 2.38. The Morgan fingerprint density at radius 2 is 2.50 bits per heavy atom. The number of hydrogen-bond acceptors (Lipinski definition) is 8. The van der Waals surface area contributed by atoms with Crippen molar-refractivity contribution in [1.82, 2.24) is 5.48 Å². The molecule has 0 aromatic rings. The van der Waals surface area contributed by atoms with Gasteiger partial charge in [0, 0.05) is 6.42 Å². The Morgan fingerprint density at radius 1 is 1.75 bits per heavy atom. The molecule has 2 aliphatic rings. The number of rotatable bonds is 2. The van der Waals surface area contributed by atoms with E-state index in [-0.39, 0.29) is 12.5 Å². The van der Waals surface area contributed by atoms with Gasteiger partial charge in [0.2, 0.25) is 5.79 Å². The summed E-state index contributed by atoms with van der Waals surface area (Å²) in [4.78, 5) is 8.92. The van der Waals surface area contributed by atoms with Crippen LogP contribution in [-0.2, 0) is 9.57 Å². The second-order valence-corrected chi connectivity index (χ2v) is 4.75. The van der Waals surface area contributed by atoms with Crippen molar-refractivity contribution < 1.29 is 24.9 Å². The molecule has 0 bridgehead atoms. The zero-order valence-corrected chi connectivity index (χ0v) is 9.48. The molecule has 92 valence electrons. The lowest BCUT2D eigenvalue weighted by atomic mass is 9.99. The van der Waals surface area contributed by atoms with Crippen LogP contribution in [-0.4, -0.2) is 57.6 Å². The van der Waals surface area contributed by atoms with Gasteiger partial charge in [0.15, 0.2) is 5.17 Å². The van der Waals surface area contributed by atoms with Crippen LogP contribution in [0.2, 0.25) is 0 Å². The minimum atomic E-state index is -1.90. The van der Waals surface area contributed by atoms with Crippen LogP contribution in [0.1, 0.15) is 6.42 Å². The van der Waals surface area contributed by atoms with E-state index in [0.29, 0.717) is 5.17 Å². The van der Waals surface area contributed by atoms with E-state index < -0.39 is 23.9 Å². The first-order valence-corrected chi connectivity index (χ1v) is 5.69. The molecule has 7 nitrogen and oxygen atoms in total. The molecule has 0 radical (unpaired) electrons. The molecule has 0 aliphatic carbocycles.